The minimum Gasteiger partial charge on any atom is -0.423 e. The molecular weight excluding hydrogens is 410 g/mol. The molecule has 0 spiro atoms. The van der Waals surface area contributed by atoms with Crippen molar-refractivity contribution in [3.05, 3.63) is 82.9 Å². The summed E-state index contributed by atoms with van der Waals surface area (Å²) in [7, 11) is -2.00. The zero-order valence-electron chi connectivity index (χ0n) is 16.9. The van der Waals surface area contributed by atoms with Crippen LogP contribution in [-0.4, -0.2) is 36.1 Å². The van der Waals surface area contributed by atoms with Crippen LogP contribution in [0, 0.1) is 0 Å². The van der Waals surface area contributed by atoms with Gasteiger partial charge in [-0.2, -0.15) is 0 Å². The monoisotopic (exact) mass is 428 g/mol. The lowest BCUT2D eigenvalue weighted by Crippen LogP contribution is -2.28. The van der Waals surface area contributed by atoms with Crippen molar-refractivity contribution in [1.29, 1.82) is 0 Å². The normalized spacial score (nSPS) is 14.2. The lowest BCUT2D eigenvalue weighted by Gasteiger charge is -2.10. The number of hydrogen-bond donors (Lipinski definition) is 4. The van der Waals surface area contributed by atoms with Crippen LogP contribution in [0.1, 0.15) is 31.8 Å². The molecule has 0 unspecified atom stereocenters. The topological polar surface area (TPSA) is 117 Å². The van der Waals surface area contributed by atoms with Gasteiger partial charge in [0.25, 0.3) is 11.8 Å². The molecule has 0 radical (unpaired) electrons. The molecule has 2 aliphatic rings. The fourth-order valence-corrected chi connectivity index (χ4v) is 3.79. The Morgan fingerprint density at radius 2 is 1.19 bits per heavy atom. The van der Waals surface area contributed by atoms with Gasteiger partial charge in [0.2, 0.25) is 0 Å². The predicted octanol–water partition coefficient (Wildman–Crippen LogP) is 0.627. The fraction of sp³-hybridized carbons (Fsp3) is 0.0909. The number of carbonyl (C=O) groups is 2. The molecule has 2 aliphatic heterocycles. The summed E-state index contributed by atoms with van der Waals surface area (Å²) in [6.45, 7) is 0.663. The maximum atomic E-state index is 12.7. The molecule has 10 heteroatoms. The van der Waals surface area contributed by atoms with Gasteiger partial charge in [0.05, 0.1) is 13.2 Å². The van der Waals surface area contributed by atoms with Crippen LogP contribution in [0.5, 0.6) is 0 Å². The number of nitrogens with one attached hydrogen (secondary N) is 2. The number of carbonyl (C=O) groups excluding carboxylic acids is 2. The highest BCUT2D eigenvalue weighted by molar-refractivity contribution is 6.62. The Morgan fingerprint density at radius 3 is 1.66 bits per heavy atom. The van der Waals surface area contributed by atoms with E-state index in [2.05, 4.69) is 10.6 Å². The van der Waals surface area contributed by atoms with Gasteiger partial charge in [-0.25, -0.2) is 0 Å². The first-order valence-electron chi connectivity index (χ1n) is 10.1. The molecule has 32 heavy (non-hydrogen) atoms. The van der Waals surface area contributed by atoms with Gasteiger partial charge < -0.3 is 30.0 Å². The SMILES string of the molecule is O=C(Nc1ccc2c(c1)B(O)OC2)c1cccc(C(=O)Nc2ccc3c(c2)B(O)OC3)c1. The number of rotatable bonds is 4. The van der Waals surface area contributed by atoms with E-state index < -0.39 is 14.2 Å². The predicted molar refractivity (Wildman–Crippen MR) is 120 cm³/mol. The lowest BCUT2D eigenvalue weighted by atomic mass is 9.79. The van der Waals surface area contributed by atoms with E-state index in [1.807, 2.05) is 0 Å². The van der Waals surface area contributed by atoms with Gasteiger partial charge in [-0.05, 0) is 64.5 Å². The van der Waals surface area contributed by atoms with Crippen LogP contribution in [0.15, 0.2) is 60.7 Å². The molecule has 4 N–H and O–H groups in total. The van der Waals surface area contributed by atoms with Crippen molar-refractivity contribution in [3.8, 4) is 0 Å². The van der Waals surface area contributed by atoms with Crippen molar-refractivity contribution >= 4 is 48.4 Å². The van der Waals surface area contributed by atoms with Gasteiger partial charge in [0.15, 0.2) is 0 Å². The Morgan fingerprint density at radius 1 is 0.719 bits per heavy atom. The molecule has 0 aliphatic carbocycles. The van der Waals surface area contributed by atoms with Crippen molar-refractivity contribution in [2.45, 2.75) is 13.2 Å². The van der Waals surface area contributed by atoms with E-state index in [4.69, 9.17) is 9.31 Å². The van der Waals surface area contributed by atoms with Crippen LogP contribution in [0.4, 0.5) is 11.4 Å². The minimum atomic E-state index is -0.999. The van der Waals surface area contributed by atoms with E-state index in [-0.39, 0.29) is 11.8 Å². The Bertz CT molecular complexity index is 1140. The summed E-state index contributed by atoms with van der Waals surface area (Å²) in [4.78, 5) is 25.4. The van der Waals surface area contributed by atoms with E-state index in [1.54, 1.807) is 54.6 Å². The Hall–Kier alpha value is -3.43. The van der Waals surface area contributed by atoms with Gasteiger partial charge in [0, 0.05) is 22.5 Å². The molecule has 3 aromatic carbocycles. The Balaban J connectivity index is 1.30. The number of hydrogen-bond acceptors (Lipinski definition) is 6. The summed E-state index contributed by atoms with van der Waals surface area (Å²) in [5.74, 6) is -0.767. The molecule has 0 atom stereocenters. The first-order valence-corrected chi connectivity index (χ1v) is 10.1. The third-order valence-corrected chi connectivity index (χ3v) is 5.52. The smallest absolute Gasteiger partial charge is 0.423 e. The molecule has 0 bridgehead atoms. The molecule has 3 aromatic rings. The summed E-state index contributed by atoms with van der Waals surface area (Å²) >= 11 is 0. The van der Waals surface area contributed by atoms with Crippen molar-refractivity contribution in [2.75, 3.05) is 10.6 Å². The number of fused-ring (bicyclic) bond motifs is 2. The Labute approximate surface area is 184 Å². The molecule has 8 nitrogen and oxygen atoms in total. The van der Waals surface area contributed by atoms with E-state index in [9.17, 15) is 19.6 Å². The highest BCUT2D eigenvalue weighted by Gasteiger charge is 2.28. The van der Waals surface area contributed by atoms with E-state index in [0.717, 1.165) is 11.1 Å². The standard InChI is InChI=1S/C22H18B2N2O6/c27-21(25-17-6-4-15-11-31-23(29)19(15)9-17)13-2-1-3-14(8-13)22(28)26-18-7-5-16-12-32-24(30)20(16)10-18/h1-10,29-30H,11-12H2,(H,25,27)(H,26,28). The van der Waals surface area contributed by atoms with Gasteiger partial charge in [-0.15, -0.1) is 0 Å². The van der Waals surface area contributed by atoms with Crippen LogP contribution in [0.3, 0.4) is 0 Å². The average Bonchev–Trinajstić information content (AvgIpc) is 3.36. The highest BCUT2D eigenvalue weighted by atomic mass is 16.5. The van der Waals surface area contributed by atoms with Crippen molar-refractivity contribution in [2.24, 2.45) is 0 Å². The first kappa shape index (κ1) is 20.5. The fourth-order valence-electron chi connectivity index (χ4n) is 3.79. The van der Waals surface area contributed by atoms with Crippen molar-refractivity contribution in [3.63, 3.8) is 0 Å². The zero-order chi connectivity index (χ0) is 22.2. The quantitative estimate of drug-likeness (QED) is 0.453. The molecule has 158 valence electrons. The lowest BCUT2D eigenvalue weighted by molar-refractivity contribution is 0.102. The average molecular weight is 428 g/mol. The van der Waals surface area contributed by atoms with Crippen LogP contribution >= 0.6 is 0 Å². The molecule has 0 fully saturated rings. The summed E-state index contributed by atoms with van der Waals surface area (Å²) in [6, 6.07) is 16.8. The first-order chi connectivity index (χ1) is 15.5. The van der Waals surface area contributed by atoms with Crippen LogP contribution in [-0.2, 0) is 22.5 Å². The van der Waals surface area contributed by atoms with Crippen molar-refractivity contribution in [1.82, 2.24) is 0 Å². The second-order valence-electron chi connectivity index (χ2n) is 7.64. The number of benzene rings is 3. The van der Waals surface area contributed by atoms with Gasteiger partial charge in [-0.3, -0.25) is 9.59 Å². The third-order valence-electron chi connectivity index (χ3n) is 5.52. The second kappa shape index (κ2) is 8.25. The van der Waals surface area contributed by atoms with E-state index >= 15 is 0 Å². The van der Waals surface area contributed by atoms with Crippen LogP contribution in [0.2, 0.25) is 0 Å². The number of anilines is 2. The molecule has 5 rings (SSSR count). The molecule has 0 saturated heterocycles. The van der Waals surface area contributed by atoms with Gasteiger partial charge in [-0.1, -0.05) is 18.2 Å². The summed E-state index contributed by atoms with van der Waals surface area (Å²) in [6.07, 6.45) is 0. The molecular formula is C22H18B2N2O6. The van der Waals surface area contributed by atoms with Crippen LogP contribution in [0.25, 0.3) is 0 Å². The van der Waals surface area contributed by atoms with Crippen LogP contribution < -0.4 is 21.6 Å². The van der Waals surface area contributed by atoms with Gasteiger partial charge in [0.1, 0.15) is 0 Å². The van der Waals surface area contributed by atoms with Gasteiger partial charge >= 0.3 is 14.2 Å². The molecule has 2 heterocycles. The third kappa shape index (κ3) is 3.92. The maximum absolute atomic E-state index is 12.7. The van der Waals surface area contributed by atoms with Crippen molar-refractivity contribution < 1.29 is 28.9 Å². The second-order valence-corrected chi connectivity index (χ2v) is 7.64. The summed E-state index contributed by atoms with van der Waals surface area (Å²) in [5.41, 5.74) is 4.67. The number of amides is 2. The summed E-state index contributed by atoms with van der Waals surface area (Å²) in [5, 5.41) is 25.2. The highest BCUT2D eigenvalue weighted by Crippen LogP contribution is 2.18. The summed E-state index contributed by atoms with van der Waals surface area (Å²) < 4.78 is 10.3. The molecule has 2 amide bonds. The molecule has 0 saturated carbocycles. The van der Waals surface area contributed by atoms with E-state index in [1.165, 1.54) is 6.07 Å². The maximum Gasteiger partial charge on any atom is 0.491 e. The zero-order valence-corrected chi connectivity index (χ0v) is 16.9. The minimum absolute atomic E-state index is 0.313. The Kier molecular flexibility index (Phi) is 5.28. The molecule has 0 aromatic heterocycles. The van der Waals surface area contributed by atoms with E-state index in [0.29, 0.717) is 46.6 Å². The largest absolute Gasteiger partial charge is 0.491 e.